The van der Waals surface area contributed by atoms with E-state index in [0.29, 0.717) is 11.1 Å². The van der Waals surface area contributed by atoms with Crippen LogP contribution in [0.5, 0.6) is 0 Å². The van der Waals surface area contributed by atoms with E-state index in [1.807, 2.05) is 6.07 Å². The van der Waals surface area contributed by atoms with E-state index in [9.17, 15) is 13.2 Å². The molecule has 0 radical (unpaired) electrons. The van der Waals surface area contributed by atoms with E-state index in [-0.39, 0.29) is 5.75 Å². The van der Waals surface area contributed by atoms with E-state index < -0.39 is 21.1 Å². The van der Waals surface area contributed by atoms with Gasteiger partial charge in [0, 0.05) is 0 Å². The van der Waals surface area contributed by atoms with Crippen LogP contribution < -0.4 is 0 Å². The summed E-state index contributed by atoms with van der Waals surface area (Å²) in [5, 5.41) is 15.9. The Kier molecular flexibility index (Phi) is 3.86. The summed E-state index contributed by atoms with van der Waals surface area (Å²) in [6.45, 7) is 1.13. The Hall–Kier alpha value is -1.87. The van der Waals surface area contributed by atoms with Crippen molar-refractivity contribution in [3.8, 4) is 6.07 Å². The number of benzene rings is 1. The molecule has 0 fully saturated rings. The Morgan fingerprint density at radius 3 is 2.71 bits per heavy atom. The second-order valence-corrected chi connectivity index (χ2v) is 5.92. The van der Waals surface area contributed by atoms with E-state index >= 15 is 0 Å². The number of sulfone groups is 1. The normalized spacial score (nSPS) is 12.7. The maximum absolute atomic E-state index is 11.7. The smallest absolute Gasteiger partial charge is 0.321 e. The summed E-state index contributed by atoms with van der Waals surface area (Å²) in [5.74, 6) is -1.75. The SMILES string of the molecule is CC(C(=O)O)S(=O)(=O)Cc1cccc(C#N)c1. The number of carbonyl (C=O) groups is 1. The molecule has 1 unspecified atom stereocenters. The largest absolute Gasteiger partial charge is 0.480 e. The Labute approximate surface area is 99.2 Å². The Bertz CT molecular complexity index is 571. The summed E-state index contributed by atoms with van der Waals surface area (Å²) in [6, 6.07) is 8.00. The van der Waals surface area contributed by atoms with E-state index in [0.717, 1.165) is 6.92 Å². The van der Waals surface area contributed by atoms with Gasteiger partial charge >= 0.3 is 5.97 Å². The number of nitriles is 1. The molecule has 1 aromatic rings. The second-order valence-electron chi connectivity index (χ2n) is 3.60. The van der Waals surface area contributed by atoms with Crippen LogP contribution >= 0.6 is 0 Å². The van der Waals surface area contributed by atoms with Gasteiger partial charge in [-0.1, -0.05) is 12.1 Å². The minimum absolute atomic E-state index is 0.348. The van der Waals surface area contributed by atoms with Gasteiger partial charge in [0.25, 0.3) is 0 Å². The van der Waals surface area contributed by atoms with E-state index in [1.54, 1.807) is 18.2 Å². The van der Waals surface area contributed by atoms with Gasteiger partial charge in [-0.3, -0.25) is 4.79 Å². The van der Waals surface area contributed by atoms with Crippen molar-refractivity contribution in [2.75, 3.05) is 0 Å². The van der Waals surface area contributed by atoms with Gasteiger partial charge in [-0.05, 0) is 24.6 Å². The lowest BCUT2D eigenvalue weighted by atomic mass is 10.2. The molecule has 0 aliphatic heterocycles. The predicted molar refractivity (Wildman–Crippen MR) is 60.9 cm³/mol. The van der Waals surface area contributed by atoms with Crippen LogP contribution in [0.2, 0.25) is 0 Å². The third-order valence-electron chi connectivity index (χ3n) is 2.31. The number of hydrogen-bond donors (Lipinski definition) is 1. The van der Waals surface area contributed by atoms with Gasteiger partial charge in [0.15, 0.2) is 15.1 Å². The Morgan fingerprint density at radius 1 is 1.53 bits per heavy atom. The quantitative estimate of drug-likeness (QED) is 0.861. The fourth-order valence-electron chi connectivity index (χ4n) is 1.24. The maximum Gasteiger partial charge on any atom is 0.321 e. The zero-order valence-corrected chi connectivity index (χ0v) is 9.94. The van der Waals surface area contributed by atoms with Gasteiger partial charge in [0.2, 0.25) is 0 Å². The van der Waals surface area contributed by atoms with Crippen LogP contribution in [0.1, 0.15) is 18.1 Å². The summed E-state index contributed by atoms with van der Waals surface area (Å²) in [6.07, 6.45) is 0. The molecule has 0 aromatic heterocycles. The molecule has 17 heavy (non-hydrogen) atoms. The van der Waals surface area contributed by atoms with Crippen LogP contribution in [0.15, 0.2) is 24.3 Å². The lowest BCUT2D eigenvalue weighted by molar-refractivity contribution is -0.136. The first-order valence-electron chi connectivity index (χ1n) is 4.80. The first-order chi connectivity index (χ1) is 7.86. The fraction of sp³-hybridized carbons (Fsp3) is 0.273. The maximum atomic E-state index is 11.7. The van der Waals surface area contributed by atoms with Crippen LogP contribution in [0.4, 0.5) is 0 Å². The van der Waals surface area contributed by atoms with Crippen LogP contribution in [0.3, 0.4) is 0 Å². The molecule has 0 heterocycles. The third kappa shape index (κ3) is 3.29. The molecule has 0 saturated heterocycles. The summed E-state index contributed by atoms with van der Waals surface area (Å²) in [4.78, 5) is 10.6. The number of nitrogens with zero attached hydrogens (tertiary/aromatic N) is 1. The average molecular weight is 253 g/mol. The number of carboxylic acids is 1. The summed E-state index contributed by atoms with van der Waals surface area (Å²) < 4.78 is 23.4. The highest BCUT2D eigenvalue weighted by Gasteiger charge is 2.27. The first kappa shape index (κ1) is 13.2. The first-order valence-corrected chi connectivity index (χ1v) is 6.52. The molecule has 90 valence electrons. The highest BCUT2D eigenvalue weighted by molar-refractivity contribution is 7.91. The Balaban J connectivity index is 2.99. The molecule has 0 amide bonds. The van der Waals surface area contributed by atoms with Crippen LogP contribution in [0, 0.1) is 11.3 Å². The van der Waals surface area contributed by atoms with Crippen LogP contribution in [-0.4, -0.2) is 24.7 Å². The minimum Gasteiger partial charge on any atom is -0.480 e. The van der Waals surface area contributed by atoms with Crippen molar-refractivity contribution in [2.24, 2.45) is 0 Å². The van der Waals surface area contributed by atoms with Crippen molar-refractivity contribution in [2.45, 2.75) is 17.9 Å². The van der Waals surface area contributed by atoms with Gasteiger partial charge in [0.05, 0.1) is 17.4 Å². The standard InChI is InChI=1S/C11H11NO4S/c1-8(11(13)14)17(15,16)7-10-4-2-3-9(5-10)6-12/h2-5,8H,7H2,1H3,(H,13,14). The molecule has 5 nitrogen and oxygen atoms in total. The highest BCUT2D eigenvalue weighted by Crippen LogP contribution is 2.13. The summed E-state index contributed by atoms with van der Waals surface area (Å²) >= 11 is 0. The van der Waals surface area contributed by atoms with E-state index in [1.165, 1.54) is 6.07 Å². The van der Waals surface area contributed by atoms with Gasteiger partial charge in [0.1, 0.15) is 0 Å². The molecule has 6 heteroatoms. The monoisotopic (exact) mass is 253 g/mol. The van der Waals surface area contributed by atoms with E-state index in [2.05, 4.69) is 0 Å². The van der Waals surface area contributed by atoms with Crippen molar-refractivity contribution >= 4 is 15.8 Å². The van der Waals surface area contributed by atoms with Gasteiger partial charge < -0.3 is 5.11 Å². The van der Waals surface area contributed by atoms with Crippen LogP contribution in [0.25, 0.3) is 0 Å². The van der Waals surface area contributed by atoms with Gasteiger partial charge in [-0.25, -0.2) is 8.42 Å². The van der Waals surface area contributed by atoms with Crippen molar-refractivity contribution < 1.29 is 18.3 Å². The lowest BCUT2D eigenvalue weighted by Gasteiger charge is -2.08. The summed E-state index contributed by atoms with van der Waals surface area (Å²) in [7, 11) is -3.75. The van der Waals surface area contributed by atoms with Gasteiger partial charge in [-0.2, -0.15) is 5.26 Å². The number of carboxylic acid groups (broad SMARTS) is 1. The zero-order valence-electron chi connectivity index (χ0n) is 9.12. The fourth-order valence-corrected chi connectivity index (χ4v) is 2.44. The zero-order chi connectivity index (χ0) is 13.1. The molecule has 1 N–H and O–H groups in total. The molecule has 1 atom stereocenters. The predicted octanol–water partition coefficient (Wildman–Crippen LogP) is 0.946. The average Bonchev–Trinajstić information content (AvgIpc) is 2.27. The molecule has 0 saturated carbocycles. The number of aliphatic carboxylic acids is 1. The summed E-state index contributed by atoms with van der Waals surface area (Å²) in [5.41, 5.74) is 0.762. The Morgan fingerprint density at radius 2 is 2.18 bits per heavy atom. The van der Waals surface area contributed by atoms with Crippen molar-refractivity contribution in [3.63, 3.8) is 0 Å². The molecule has 0 aliphatic carbocycles. The molecular formula is C11H11NO4S. The lowest BCUT2D eigenvalue weighted by Crippen LogP contribution is -2.28. The topological polar surface area (TPSA) is 95.2 Å². The molecular weight excluding hydrogens is 242 g/mol. The number of rotatable bonds is 4. The van der Waals surface area contributed by atoms with E-state index in [4.69, 9.17) is 10.4 Å². The molecule has 1 rings (SSSR count). The molecule has 0 bridgehead atoms. The second kappa shape index (κ2) is 4.97. The third-order valence-corrected chi connectivity index (χ3v) is 4.33. The number of hydrogen-bond acceptors (Lipinski definition) is 4. The van der Waals surface area contributed by atoms with Crippen molar-refractivity contribution in [1.29, 1.82) is 5.26 Å². The minimum atomic E-state index is -3.75. The highest BCUT2D eigenvalue weighted by atomic mass is 32.2. The van der Waals surface area contributed by atoms with Crippen molar-refractivity contribution in [3.05, 3.63) is 35.4 Å². The molecule has 0 aliphatic rings. The van der Waals surface area contributed by atoms with Crippen LogP contribution in [-0.2, 0) is 20.4 Å². The molecule has 1 aromatic carbocycles. The van der Waals surface area contributed by atoms with Gasteiger partial charge in [-0.15, -0.1) is 0 Å². The molecule has 0 spiro atoms. The van der Waals surface area contributed by atoms with Crippen molar-refractivity contribution in [1.82, 2.24) is 0 Å².